The van der Waals surface area contributed by atoms with E-state index in [2.05, 4.69) is 22.1 Å². The Bertz CT molecular complexity index is 595. The molecule has 1 aromatic rings. The van der Waals surface area contributed by atoms with Crippen molar-refractivity contribution in [3.63, 3.8) is 0 Å². The van der Waals surface area contributed by atoms with Crippen LogP contribution in [0.4, 0.5) is 0 Å². The monoisotopic (exact) mass is 359 g/mol. The Hall–Kier alpha value is -2.18. The predicted octanol–water partition coefficient (Wildman–Crippen LogP) is 1.72. The fraction of sp³-hybridized carbons (Fsp3) is 0.500. The maximum Gasteiger partial charge on any atom is 0.251 e. The van der Waals surface area contributed by atoms with Crippen LogP contribution in [-0.2, 0) is 16.1 Å². The zero-order chi connectivity index (χ0) is 18.8. The first kappa shape index (κ1) is 20.1. The van der Waals surface area contributed by atoms with Crippen LogP contribution in [0, 0.1) is 0 Å². The minimum atomic E-state index is -0.520. The molecule has 1 aliphatic heterocycles. The SMILES string of the molecule is C=CCOC(C)C(=O)NCc1ccc(C(=O)NCCN2CCCC2)cc1. The Morgan fingerprint density at radius 1 is 1.23 bits per heavy atom. The molecule has 6 nitrogen and oxygen atoms in total. The number of hydrogen-bond donors (Lipinski definition) is 2. The minimum absolute atomic E-state index is 0.0637. The van der Waals surface area contributed by atoms with E-state index in [1.807, 2.05) is 12.1 Å². The van der Waals surface area contributed by atoms with E-state index < -0.39 is 6.10 Å². The zero-order valence-corrected chi connectivity index (χ0v) is 15.5. The van der Waals surface area contributed by atoms with Crippen molar-refractivity contribution in [3.8, 4) is 0 Å². The molecule has 0 radical (unpaired) electrons. The van der Waals surface area contributed by atoms with Crippen molar-refractivity contribution in [1.29, 1.82) is 0 Å². The van der Waals surface area contributed by atoms with Crippen LogP contribution in [-0.4, -0.2) is 55.6 Å². The van der Waals surface area contributed by atoms with Gasteiger partial charge in [-0.3, -0.25) is 9.59 Å². The number of nitrogens with one attached hydrogen (secondary N) is 2. The first-order valence-electron chi connectivity index (χ1n) is 9.20. The molecule has 6 heteroatoms. The van der Waals surface area contributed by atoms with Crippen molar-refractivity contribution in [2.45, 2.75) is 32.4 Å². The van der Waals surface area contributed by atoms with Crippen LogP contribution in [0.15, 0.2) is 36.9 Å². The number of rotatable bonds is 10. The summed E-state index contributed by atoms with van der Waals surface area (Å²) in [7, 11) is 0. The number of carbonyl (C=O) groups excluding carboxylic acids is 2. The van der Waals surface area contributed by atoms with Gasteiger partial charge in [-0.25, -0.2) is 0 Å². The molecule has 0 saturated carbocycles. The van der Waals surface area contributed by atoms with Gasteiger partial charge < -0.3 is 20.3 Å². The molecule has 1 unspecified atom stereocenters. The molecule has 2 rings (SSSR count). The molecular formula is C20H29N3O3. The van der Waals surface area contributed by atoms with E-state index in [9.17, 15) is 9.59 Å². The number of amides is 2. The lowest BCUT2D eigenvalue weighted by molar-refractivity contribution is -0.131. The second-order valence-electron chi connectivity index (χ2n) is 6.48. The van der Waals surface area contributed by atoms with Gasteiger partial charge in [0, 0.05) is 25.2 Å². The summed E-state index contributed by atoms with van der Waals surface area (Å²) in [6, 6.07) is 7.27. The molecule has 2 N–H and O–H groups in total. The average molecular weight is 359 g/mol. The zero-order valence-electron chi connectivity index (χ0n) is 15.5. The molecule has 142 valence electrons. The molecule has 0 bridgehead atoms. The van der Waals surface area contributed by atoms with Gasteiger partial charge >= 0.3 is 0 Å². The molecule has 1 fully saturated rings. The molecular weight excluding hydrogens is 330 g/mol. The number of hydrogen-bond acceptors (Lipinski definition) is 4. The van der Waals surface area contributed by atoms with Crippen LogP contribution in [0.2, 0.25) is 0 Å². The van der Waals surface area contributed by atoms with E-state index >= 15 is 0 Å². The summed E-state index contributed by atoms with van der Waals surface area (Å²) in [5, 5.41) is 5.77. The first-order valence-corrected chi connectivity index (χ1v) is 9.20. The summed E-state index contributed by atoms with van der Waals surface area (Å²) in [5.74, 6) is -0.234. The van der Waals surface area contributed by atoms with Gasteiger partial charge in [0.15, 0.2) is 0 Å². The normalized spacial score (nSPS) is 15.4. The first-order chi connectivity index (χ1) is 12.6. The molecule has 2 amide bonds. The summed E-state index contributed by atoms with van der Waals surface area (Å²) >= 11 is 0. The molecule has 0 aliphatic carbocycles. The van der Waals surface area contributed by atoms with Gasteiger partial charge in [0.1, 0.15) is 6.10 Å². The fourth-order valence-corrected chi connectivity index (χ4v) is 2.83. The topological polar surface area (TPSA) is 70.7 Å². The molecule has 1 heterocycles. The molecule has 1 atom stereocenters. The lowest BCUT2D eigenvalue weighted by Crippen LogP contribution is -2.34. The highest BCUT2D eigenvalue weighted by Crippen LogP contribution is 2.07. The predicted molar refractivity (Wildman–Crippen MR) is 102 cm³/mol. The summed E-state index contributed by atoms with van der Waals surface area (Å²) in [6.07, 6.45) is 3.60. The van der Waals surface area contributed by atoms with E-state index in [0.717, 1.165) is 25.2 Å². The molecule has 1 saturated heterocycles. The Morgan fingerprint density at radius 2 is 1.92 bits per heavy atom. The van der Waals surface area contributed by atoms with Crippen molar-refractivity contribution in [1.82, 2.24) is 15.5 Å². The van der Waals surface area contributed by atoms with Crippen molar-refractivity contribution in [2.75, 3.05) is 32.8 Å². The third-order valence-corrected chi connectivity index (χ3v) is 4.43. The maximum absolute atomic E-state index is 12.2. The number of likely N-dealkylation sites (tertiary alicyclic amines) is 1. The van der Waals surface area contributed by atoms with Crippen LogP contribution < -0.4 is 10.6 Å². The summed E-state index contributed by atoms with van der Waals surface area (Å²) in [6.45, 7) is 9.84. The van der Waals surface area contributed by atoms with Gasteiger partial charge in [-0.05, 0) is 50.6 Å². The molecule has 1 aromatic carbocycles. The second-order valence-corrected chi connectivity index (χ2v) is 6.48. The van der Waals surface area contributed by atoms with E-state index in [0.29, 0.717) is 25.3 Å². The molecule has 0 aromatic heterocycles. The highest BCUT2D eigenvalue weighted by atomic mass is 16.5. The average Bonchev–Trinajstić information content (AvgIpc) is 3.17. The Balaban J connectivity index is 1.71. The summed E-state index contributed by atoms with van der Waals surface area (Å²) in [5.41, 5.74) is 1.56. The van der Waals surface area contributed by atoms with Gasteiger partial charge in [-0.2, -0.15) is 0 Å². The van der Waals surface area contributed by atoms with E-state index in [1.165, 1.54) is 12.8 Å². The molecule has 26 heavy (non-hydrogen) atoms. The van der Waals surface area contributed by atoms with Gasteiger partial charge in [0.2, 0.25) is 5.91 Å². The lowest BCUT2D eigenvalue weighted by Gasteiger charge is -2.15. The van der Waals surface area contributed by atoms with Crippen LogP contribution in [0.3, 0.4) is 0 Å². The Labute approximate surface area is 155 Å². The number of ether oxygens (including phenoxy) is 1. The second kappa shape index (κ2) is 10.7. The third-order valence-electron chi connectivity index (χ3n) is 4.43. The van der Waals surface area contributed by atoms with Crippen LogP contribution in [0.1, 0.15) is 35.7 Å². The summed E-state index contributed by atoms with van der Waals surface area (Å²) < 4.78 is 5.28. The van der Waals surface area contributed by atoms with Crippen LogP contribution in [0.5, 0.6) is 0 Å². The molecule has 0 spiro atoms. The van der Waals surface area contributed by atoms with E-state index in [1.54, 1.807) is 25.1 Å². The van der Waals surface area contributed by atoms with Crippen molar-refractivity contribution in [3.05, 3.63) is 48.0 Å². The number of benzene rings is 1. The van der Waals surface area contributed by atoms with Gasteiger partial charge in [-0.15, -0.1) is 6.58 Å². The van der Waals surface area contributed by atoms with Gasteiger partial charge in [0.05, 0.1) is 6.61 Å². The van der Waals surface area contributed by atoms with Crippen LogP contribution in [0.25, 0.3) is 0 Å². The van der Waals surface area contributed by atoms with E-state index in [-0.39, 0.29) is 11.8 Å². The highest BCUT2D eigenvalue weighted by Gasteiger charge is 2.13. The highest BCUT2D eigenvalue weighted by molar-refractivity contribution is 5.94. The summed E-state index contributed by atoms with van der Waals surface area (Å²) in [4.78, 5) is 26.4. The standard InChI is InChI=1S/C20H29N3O3/c1-3-14-26-16(2)19(24)22-15-17-6-8-18(9-7-17)20(25)21-10-13-23-11-4-5-12-23/h3,6-9,16H,1,4-5,10-15H2,2H3,(H,21,25)(H,22,24). The minimum Gasteiger partial charge on any atom is -0.365 e. The fourth-order valence-electron chi connectivity index (χ4n) is 2.83. The largest absolute Gasteiger partial charge is 0.365 e. The smallest absolute Gasteiger partial charge is 0.251 e. The molecule has 1 aliphatic rings. The Kier molecular flexibility index (Phi) is 8.31. The van der Waals surface area contributed by atoms with Crippen LogP contribution >= 0.6 is 0 Å². The van der Waals surface area contributed by atoms with Crippen molar-refractivity contribution >= 4 is 11.8 Å². The lowest BCUT2D eigenvalue weighted by atomic mass is 10.1. The number of nitrogens with zero attached hydrogens (tertiary/aromatic N) is 1. The van der Waals surface area contributed by atoms with Gasteiger partial charge in [0.25, 0.3) is 5.91 Å². The maximum atomic E-state index is 12.2. The van der Waals surface area contributed by atoms with Gasteiger partial charge in [-0.1, -0.05) is 18.2 Å². The third kappa shape index (κ3) is 6.61. The van der Waals surface area contributed by atoms with E-state index in [4.69, 9.17) is 4.74 Å². The number of carbonyl (C=O) groups is 2. The quantitative estimate of drug-likeness (QED) is 0.624. The Morgan fingerprint density at radius 3 is 2.58 bits per heavy atom. The van der Waals surface area contributed by atoms with Crippen molar-refractivity contribution in [2.24, 2.45) is 0 Å². The van der Waals surface area contributed by atoms with Crippen molar-refractivity contribution < 1.29 is 14.3 Å².